The van der Waals surface area contributed by atoms with E-state index in [4.69, 9.17) is 4.74 Å². The molecule has 2 N–H and O–H groups in total. The van der Waals surface area contributed by atoms with Gasteiger partial charge in [-0.3, -0.25) is 0 Å². The predicted octanol–water partition coefficient (Wildman–Crippen LogP) is -0.202. The van der Waals surface area contributed by atoms with E-state index in [2.05, 4.69) is 17.0 Å². The zero-order chi connectivity index (χ0) is 12.0. The van der Waals surface area contributed by atoms with Crippen molar-refractivity contribution in [3.8, 4) is 0 Å². The van der Waals surface area contributed by atoms with Gasteiger partial charge >= 0.3 is 0 Å². The molecular weight excluding hydrogens is 228 g/mol. The minimum atomic E-state index is -3.17. The maximum atomic E-state index is 11.5. The summed E-state index contributed by atoms with van der Waals surface area (Å²) in [5.41, 5.74) is 0. The Kier molecular flexibility index (Phi) is 5.68. The summed E-state index contributed by atoms with van der Waals surface area (Å²) in [7, 11) is -1.67. The predicted molar refractivity (Wildman–Crippen MR) is 63.8 cm³/mol. The number of sulfonamides is 1. The van der Waals surface area contributed by atoms with E-state index in [1.807, 2.05) is 0 Å². The summed E-state index contributed by atoms with van der Waals surface area (Å²) in [5, 5.41) is 3.29. The smallest absolute Gasteiger partial charge is 0.213 e. The molecule has 96 valence electrons. The first-order chi connectivity index (χ1) is 7.55. The minimum absolute atomic E-state index is 0.0397. The Morgan fingerprint density at radius 2 is 2.25 bits per heavy atom. The molecule has 5 nitrogen and oxygen atoms in total. The standard InChI is InChI=1S/C10H22N2O3S/c1-9-3-4-11-7-10(9)8-12-16(13,14)6-5-15-2/h9-12H,3-8H2,1-2H3. The van der Waals surface area contributed by atoms with Crippen molar-refractivity contribution in [2.75, 3.05) is 39.1 Å². The fraction of sp³-hybridized carbons (Fsp3) is 1.00. The van der Waals surface area contributed by atoms with Crippen molar-refractivity contribution < 1.29 is 13.2 Å². The van der Waals surface area contributed by atoms with Gasteiger partial charge in [0.25, 0.3) is 0 Å². The second-order valence-electron chi connectivity index (χ2n) is 4.39. The molecule has 16 heavy (non-hydrogen) atoms. The van der Waals surface area contributed by atoms with Gasteiger partial charge in [-0.25, -0.2) is 13.1 Å². The molecule has 0 radical (unpaired) electrons. The van der Waals surface area contributed by atoms with Crippen LogP contribution in [0.2, 0.25) is 0 Å². The molecule has 0 spiro atoms. The lowest BCUT2D eigenvalue weighted by atomic mass is 9.88. The average molecular weight is 250 g/mol. The molecule has 1 saturated heterocycles. The molecule has 6 heteroatoms. The number of hydrogen-bond acceptors (Lipinski definition) is 4. The summed E-state index contributed by atoms with van der Waals surface area (Å²) in [6, 6.07) is 0. The third-order valence-corrected chi connectivity index (χ3v) is 4.42. The highest BCUT2D eigenvalue weighted by molar-refractivity contribution is 7.89. The normalized spacial score (nSPS) is 26.9. The Hall–Kier alpha value is -0.170. The van der Waals surface area contributed by atoms with Gasteiger partial charge in [0, 0.05) is 13.7 Å². The first kappa shape index (κ1) is 13.9. The summed E-state index contributed by atoms with van der Waals surface area (Å²) >= 11 is 0. The molecule has 1 aliphatic heterocycles. The fourth-order valence-corrected chi connectivity index (χ4v) is 2.83. The lowest BCUT2D eigenvalue weighted by molar-refractivity contribution is 0.216. The van der Waals surface area contributed by atoms with Crippen LogP contribution in [0, 0.1) is 11.8 Å². The lowest BCUT2D eigenvalue weighted by Gasteiger charge is -2.29. The molecule has 0 aromatic carbocycles. The van der Waals surface area contributed by atoms with Gasteiger partial charge in [-0.05, 0) is 31.3 Å². The maximum Gasteiger partial charge on any atom is 0.213 e. The molecule has 2 unspecified atom stereocenters. The molecule has 1 heterocycles. The molecule has 0 aromatic rings. The van der Waals surface area contributed by atoms with Gasteiger partial charge in [-0.15, -0.1) is 0 Å². The zero-order valence-electron chi connectivity index (χ0n) is 10.0. The van der Waals surface area contributed by atoms with Crippen molar-refractivity contribution in [2.45, 2.75) is 13.3 Å². The summed E-state index contributed by atoms with van der Waals surface area (Å²) in [4.78, 5) is 0. The number of hydrogen-bond donors (Lipinski definition) is 2. The van der Waals surface area contributed by atoms with Gasteiger partial charge in [-0.2, -0.15) is 0 Å². The SMILES string of the molecule is COCCS(=O)(=O)NCC1CNCCC1C. The number of methoxy groups -OCH3 is 1. The van der Waals surface area contributed by atoms with Crippen molar-refractivity contribution in [3.63, 3.8) is 0 Å². The van der Waals surface area contributed by atoms with Gasteiger partial charge in [0.1, 0.15) is 0 Å². The van der Waals surface area contributed by atoms with E-state index in [-0.39, 0.29) is 12.4 Å². The highest BCUT2D eigenvalue weighted by atomic mass is 32.2. The average Bonchev–Trinajstić information content (AvgIpc) is 2.26. The van der Waals surface area contributed by atoms with Crippen LogP contribution in [0.15, 0.2) is 0 Å². The zero-order valence-corrected chi connectivity index (χ0v) is 10.8. The van der Waals surface area contributed by atoms with Crippen LogP contribution in [0.25, 0.3) is 0 Å². The summed E-state index contributed by atoms with van der Waals surface area (Å²) < 4.78 is 30.5. The molecule has 0 saturated carbocycles. The maximum absolute atomic E-state index is 11.5. The second-order valence-corrected chi connectivity index (χ2v) is 6.32. The van der Waals surface area contributed by atoms with Crippen LogP contribution >= 0.6 is 0 Å². The van der Waals surface area contributed by atoms with Crippen LogP contribution in [-0.4, -0.2) is 47.5 Å². The monoisotopic (exact) mass is 250 g/mol. The summed E-state index contributed by atoms with van der Waals surface area (Å²) in [6.07, 6.45) is 1.12. The Morgan fingerprint density at radius 1 is 1.50 bits per heavy atom. The van der Waals surface area contributed by atoms with Crippen molar-refractivity contribution in [3.05, 3.63) is 0 Å². The Balaban J connectivity index is 2.32. The van der Waals surface area contributed by atoms with Crippen LogP contribution in [0.4, 0.5) is 0 Å². The first-order valence-corrected chi connectivity index (χ1v) is 7.37. The Labute approximate surface area is 98.0 Å². The fourth-order valence-electron chi connectivity index (χ4n) is 1.83. The molecule has 0 bridgehead atoms. The van der Waals surface area contributed by atoms with Crippen molar-refractivity contribution in [2.24, 2.45) is 11.8 Å². The molecule has 1 fully saturated rings. The summed E-state index contributed by atoms with van der Waals surface area (Å²) in [6.45, 7) is 4.88. The number of nitrogens with one attached hydrogen (secondary N) is 2. The van der Waals surface area contributed by atoms with Crippen LogP contribution in [0.5, 0.6) is 0 Å². The van der Waals surface area contributed by atoms with Gasteiger partial charge < -0.3 is 10.1 Å². The van der Waals surface area contributed by atoms with Gasteiger partial charge in [-0.1, -0.05) is 6.92 Å². The van der Waals surface area contributed by atoms with E-state index in [1.165, 1.54) is 7.11 Å². The van der Waals surface area contributed by atoms with Gasteiger partial charge in [0.2, 0.25) is 10.0 Å². The number of ether oxygens (including phenoxy) is 1. The van der Waals surface area contributed by atoms with E-state index in [0.29, 0.717) is 18.4 Å². The number of rotatable bonds is 6. The van der Waals surface area contributed by atoms with Gasteiger partial charge in [0.05, 0.1) is 12.4 Å². The second kappa shape index (κ2) is 6.54. The van der Waals surface area contributed by atoms with Crippen molar-refractivity contribution in [1.29, 1.82) is 0 Å². The van der Waals surface area contributed by atoms with Gasteiger partial charge in [0.15, 0.2) is 0 Å². The molecule has 0 aliphatic carbocycles. The summed E-state index contributed by atoms with van der Waals surface area (Å²) in [5.74, 6) is 1.01. The highest BCUT2D eigenvalue weighted by Crippen LogP contribution is 2.17. The molecule has 0 aromatic heterocycles. The quantitative estimate of drug-likeness (QED) is 0.685. The minimum Gasteiger partial charge on any atom is -0.384 e. The van der Waals surface area contributed by atoms with Crippen molar-refractivity contribution >= 4 is 10.0 Å². The van der Waals surface area contributed by atoms with Crippen LogP contribution in [0.3, 0.4) is 0 Å². The molecule has 2 atom stereocenters. The van der Waals surface area contributed by atoms with Crippen LogP contribution in [-0.2, 0) is 14.8 Å². The van der Waals surface area contributed by atoms with Crippen LogP contribution < -0.4 is 10.0 Å². The molecule has 1 aliphatic rings. The highest BCUT2D eigenvalue weighted by Gasteiger charge is 2.22. The molecule has 0 amide bonds. The topological polar surface area (TPSA) is 67.4 Å². The third kappa shape index (κ3) is 4.78. The Bertz CT molecular complexity index is 292. The first-order valence-electron chi connectivity index (χ1n) is 5.72. The number of piperidine rings is 1. The van der Waals surface area contributed by atoms with E-state index in [1.54, 1.807) is 0 Å². The third-order valence-electron chi connectivity index (χ3n) is 3.11. The van der Waals surface area contributed by atoms with E-state index in [0.717, 1.165) is 19.5 Å². The van der Waals surface area contributed by atoms with E-state index >= 15 is 0 Å². The lowest BCUT2D eigenvalue weighted by Crippen LogP contribution is -2.42. The van der Waals surface area contributed by atoms with E-state index < -0.39 is 10.0 Å². The largest absolute Gasteiger partial charge is 0.384 e. The molecular formula is C10H22N2O3S. The molecule has 1 rings (SSSR count). The van der Waals surface area contributed by atoms with Crippen molar-refractivity contribution in [1.82, 2.24) is 10.0 Å². The van der Waals surface area contributed by atoms with Crippen LogP contribution in [0.1, 0.15) is 13.3 Å². The van der Waals surface area contributed by atoms with E-state index in [9.17, 15) is 8.42 Å². The Morgan fingerprint density at radius 3 is 2.88 bits per heavy atom.